The maximum absolute atomic E-state index is 16.1. The number of fused-ring (bicyclic) bond motifs is 2. The molecule has 6 rings (SSSR count). The predicted molar refractivity (Wildman–Crippen MR) is 190 cm³/mol. The van der Waals surface area contributed by atoms with Crippen molar-refractivity contribution in [1.82, 2.24) is 5.32 Å². The lowest BCUT2D eigenvalue weighted by Gasteiger charge is -2.38. The van der Waals surface area contributed by atoms with E-state index in [4.69, 9.17) is 33.7 Å². The number of carbonyl (C=O) groups excluding carboxylic acids is 3. The van der Waals surface area contributed by atoms with E-state index in [0.717, 1.165) is 5.56 Å². The second-order valence-corrected chi connectivity index (χ2v) is 16.0. The fourth-order valence-corrected chi connectivity index (χ4v) is 8.63. The van der Waals surface area contributed by atoms with Crippen LogP contribution in [-0.2, 0) is 31.0 Å². The Labute approximate surface area is 297 Å². The van der Waals surface area contributed by atoms with Crippen LogP contribution in [0.5, 0.6) is 0 Å². The number of nitrogens with one attached hydrogen (secondary N) is 2. The van der Waals surface area contributed by atoms with Crippen molar-refractivity contribution >= 4 is 46.5 Å². The van der Waals surface area contributed by atoms with Gasteiger partial charge in [0.2, 0.25) is 5.91 Å². The maximum Gasteiger partial charge on any atom is 0.323 e. The zero-order valence-corrected chi connectivity index (χ0v) is 29.6. The monoisotopic (exact) mass is 707 g/mol. The predicted octanol–water partition coefficient (Wildman–Crippen LogP) is 7.51. The van der Waals surface area contributed by atoms with Gasteiger partial charge in [-0.1, -0.05) is 92.5 Å². The zero-order valence-electron chi connectivity index (χ0n) is 28.1. The van der Waals surface area contributed by atoms with Crippen LogP contribution < -0.4 is 16.4 Å². The fraction of sp³-hybridized carbons (Fsp3) is 0.462. The third kappa shape index (κ3) is 7.16. The molecular weight excluding hydrogens is 664 g/mol. The standard InChI is InChI=1S/C39H44Cl2FN3O4/c1-38(2,3)21-32-39(27-17-14-24(40)20-30(27)44-37(39)48)33(26-10-7-11-28(41)34(26)42)35(45-32)31(46)19-23-12-15-25(16-13-23)49-36(47)29(43)18-22-8-5-4-6-9-22/h4-11,14,17,20,23,25,29,32-33,35,45H,12-13,15-16,18-19,21,43H2,1-3H3,(H,44,48)/t23?,25?,29-,32+,33-,35-,39-/m0/s1. The van der Waals surface area contributed by atoms with E-state index in [9.17, 15) is 14.4 Å². The lowest BCUT2D eigenvalue weighted by Crippen LogP contribution is -2.49. The summed E-state index contributed by atoms with van der Waals surface area (Å²) in [6, 6.07) is 17.6. The highest BCUT2D eigenvalue weighted by Gasteiger charge is 2.66. The molecule has 1 amide bonds. The SMILES string of the molecule is CC(C)(C)C[C@H]1N[C@@H](C(=O)CC2CCC(OC(=O)[C@@H](N)Cc3ccccc3)CC2)[C@H](c2cccc(Cl)c2F)[C@@]12C(=O)Nc1cc(Cl)ccc12. The molecule has 2 fully saturated rings. The summed E-state index contributed by atoms with van der Waals surface area (Å²) in [4.78, 5) is 41.6. The number of Topliss-reactive ketones (excluding diaryl/α,β-unsaturated/α-hetero) is 1. The van der Waals surface area contributed by atoms with Crippen molar-refractivity contribution < 1.29 is 23.5 Å². The number of hydrogen-bond donors (Lipinski definition) is 3. The van der Waals surface area contributed by atoms with Gasteiger partial charge >= 0.3 is 5.97 Å². The number of benzene rings is 3. The Bertz CT molecular complexity index is 1720. The minimum Gasteiger partial charge on any atom is -0.461 e. The first kappa shape index (κ1) is 35.5. The Morgan fingerprint density at radius 1 is 1.02 bits per heavy atom. The summed E-state index contributed by atoms with van der Waals surface area (Å²) < 4.78 is 21.9. The van der Waals surface area contributed by atoms with Gasteiger partial charge in [0, 0.05) is 29.1 Å². The van der Waals surface area contributed by atoms with Crippen molar-refractivity contribution in [2.24, 2.45) is 17.1 Å². The minimum atomic E-state index is -1.29. The summed E-state index contributed by atoms with van der Waals surface area (Å²) in [6.07, 6.45) is 3.57. The molecule has 1 aliphatic carbocycles. The fourth-order valence-electron chi connectivity index (χ4n) is 8.27. The third-order valence-electron chi connectivity index (χ3n) is 10.5. The van der Waals surface area contributed by atoms with E-state index in [-0.39, 0.29) is 46.1 Å². The molecule has 3 aliphatic rings. The number of rotatable bonds is 9. The van der Waals surface area contributed by atoms with Crippen LogP contribution in [0.15, 0.2) is 66.7 Å². The number of ether oxygens (including phenoxy) is 1. The average Bonchev–Trinajstić information content (AvgIpc) is 3.52. The van der Waals surface area contributed by atoms with E-state index in [1.165, 1.54) is 6.07 Å². The summed E-state index contributed by atoms with van der Waals surface area (Å²) in [5, 5.41) is 7.00. The molecule has 0 radical (unpaired) electrons. The highest BCUT2D eigenvalue weighted by atomic mass is 35.5. The van der Waals surface area contributed by atoms with Gasteiger partial charge in [0.25, 0.3) is 0 Å². The second-order valence-electron chi connectivity index (χ2n) is 15.1. The number of ketones is 1. The highest BCUT2D eigenvalue weighted by molar-refractivity contribution is 6.31. The van der Waals surface area contributed by atoms with Crippen molar-refractivity contribution in [2.75, 3.05) is 5.32 Å². The molecule has 10 heteroatoms. The van der Waals surface area contributed by atoms with Crippen molar-refractivity contribution in [3.05, 3.63) is 99.3 Å². The number of nitrogens with two attached hydrogens (primary N) is 1. The van der Waals surface area contributed by atoms with E-state index >= 15 is 4.39 Å². The Kier molecular flexibility index (Phi) is 10.3. The Balaban J connectivity index is 1.23. The summed E-state index contributed by atoms with van der Waals surface area (Å²) >= 11 is 12.7. The van der Waals surface area contributed by atoms with Crippen LogP contribution in [0.4, 0.5) is 10.1 Å². The van der Waals surface area contributed by atoms with Crippen LogP contribution in [-0.4, -0.2) is 41.9 Å². The van der Waals surface area contributed by atoms with Gasteiger partial charge in [-0.05, 0) is 84.7 Å². The summed E-state index contributed by atoms with van der Waals surface area (Å²) in [7, 11) is 0. The normalized spacial score (nSPS) is 27.1. The van der Waals surface area contributed by atoms with Crippen LogP contribution in [0.1, 0.15) is 81.9 Å². The molecule has 7 nitrogen and oxygen atoms in total. The van der Waals surface area contributed by atoms with Gasteiger partial charge in [0.05, 0.1) is 11.1 Å². The molecule has 1 spiro atoms. The Morgan fingerprint density at radius 2 is 1.73 bits per heavy atom. The molecule has 260 valence electrons. The smallest absolute Gasteiger partial charge is 0.323 e. The van der Waals surface area contributed by atoms with E-state index in [0.29, 0.717) is 54.8 Å². The quantitative estimate of drug-likeness (QED) is 0.199. The number of hydrogen-bond acceptors (Lipinski definition) is 6. The molecule has 1 saturated carbocycles. The van der Waals surface area contributed by atoms with E-state index in [1.807, 2.05) is 36.4 Å². The molecule has 2 heterocycles. The van der Waals surface area contributed by atoms with Crippen molar-refractivity contribution in [1.29, 1.82) is 0 Å². The molecule has 49 heavy (non-hydrogen) atoms. The third-order valence-corrected chi connectivity index (χ3v) is 11.0. The molecule has 2 aliphatic heterocycles. The average molecular weight is 709 g/mol. The van der Waals surface area contributed by atoms with Crippen LogP contribution >= 0.6 is 23.2 Å². The topological polar surface area (TPSA) is 111 Å². The maximum atomic E-state index is 16.1. The molecular formula is C39H44Cl2FN3O4. The number of anilines is 1. The van der Waals surface area contributed by atoms with E-state index in [1.54, 1.807) is 24.3 Å². The molecule has 0 bridgehead atoms. The number of halogens is 3. The van der Waals surface area contributed by atoms with Crippen LogP contribution in [0.3, 0.4) is 0 Å². The lowest BCUT2D eigenvalue weighted by atomic mass is 9.62. The van der Waals surface area contributed by atoms with Gasteiger partial charge in [-0.2, -0.15) is 0 Å². The largest absolute Gasteiger partial charge is 0.461 e. The van der Waals surface area contributed by atoms with Crippen LogP contribution in [0, 0.1) is 17.2 Å². The minimum absolute atomic E-state index is 0.0493. The highest BCUT2D eigenvalue weighted by Crippen LogP contribution is 2.57. The number of esters is 1. The first-order valence-corrected chi connectivity index (χ1v) is 17.9. The first-order valence-electron chi connectivity index (χ1n) is 17.1. The van der Waals surface area contributed by atoms with Crippen LogP contribution in [0.25, 0.3) is 0 Å². The summed E-state index contributed by atoms with van der Waals surface area (Å²) in [5.74, 6) is -2.24. The van der Waals surface area contributed by atoms with E-state index in [2.05, 4.69) is 31.4 Å². The van der Waals surface area contributed by atoms with Gasteiger partial charge in [0.1, 0.15) is 23.4 Å². The number of carbonyl (C=O) groups is 3. The molecule has 4 N–H and O–H groups in total. The molecule has 3 aromatic rings. The number of amides is 1. The molecule has 1 saturated heterocycles. The molecule has 0 aromatic heterocycles. The van der Waals surface area contributed by atoms with Crippen LogP contribution in [0.2, 0.25) is 10.0 Å². The molecule has 5 atom stereocenters. The first-order chi connectivity index (χ1) is 23.3. The van der Waals surface area contributed by atoms with Gasteiger partial charge in [-0.25, -0.2) is 4.39 Å². The van der Waals surface area contributed by atoms with Gasteiger partial charge < -0.3 is 21.1 Å². The van der Waals surface area contributed by atoms with Gasteiger partial charge in [-0.15, -0.1) is 0 Å². The van der Waals surface area contributed by atoms with Gasteiger partial charge in [-0.3, -0.25) is 14.4 Å². The molecule has 3 aromatic carbocycles. The molecule has 0 unspecified atom stereocenters. The lowest BCUT2D eigenvalue weighted by molar-refractivity contribution is -0.152. The van der Waals surface area contributed by atoms with Crippen molar-refractivity contribution in [3.8, 4) is 0 Å². The second kappa shape index (κ2) is 14.1. The zero-order chi connectivity index (χ0) is 35.1. The summed E-state index contributed by atoms with van der Waals surface area (Å²) in [6.45, 7) is 6.26. The van der Waals surface area contributed by atoms with Crippen molar-refractivity contribution in [3.63, 3.8) is 0 Å². The Morgan fingerprint density at radius 3 is 2.43 bits per heavy atom. The van der Waals surface area contributed by atoms with E-state index < -0.39 is 41.2 Å². The van der Waals surface area contributed by atoms with Crippen molar-refractivity contribution in [2.45, 2.75) is 101 Å². The Hall–Kier alpha value is -3.30. The van der Waals surface area contributed by atoms with Gasteiger partial charge in [0.15, 0.2) is 5.78 Å². The summed E-state index contributed by atoms with van der Waals surface area (Å²) in [5.41, 5.74) is 7.10.